The first kappa shape index (κ1) is 16.4. The third kappa shape index (κ3) is 3.22. The highest BCUT2D eigenvalue weighted by Crippen LogP contribution is 2.48. The molecule has 2 aliphatic rings. The van der Waals surface area contributed by atoms with Gasteiger partial charge in [0.05, 0.1) is 21.3 Å². The van der Waals surface area contributed by atoms with Crippen molar-refractivity contribution < 1.29 is 14.3 Å². The molecule has 4 rings (SSSR count). The zero-order valence-corrected chi connectivity index (χ0v) is 14.8. The molecule has 7 heteroatoms. The maximum absolute atomic E-state index is 12.4. The summed E-state index contributed by atoms with van der Waals surface area (Å²) in [6, 6.07) is 10.5. The van der Waals surface area contributed by atoms with E-state index in [-0.39, 0.29) is 6.03 Å². The number of hydrogen-bond acceptors (Lipinski definition) is 3. The number of para-hydroxylation sites is 1. The molecule has 1 aliphatic heterocycles. The second-order valence-corrected chi connectivity index (χ2v) is 6.93. The molecule has 0 saturated heterocycles. The summed E-state index contributed by atoms with van der Waals surface area (Å²) in [5.41, 5.74) is 1.01. The molecule has 130 valence electrons. The molecule has 1 saturated carbocycles. The van der Waals surface area contributed by atoms with E-state index in [0.717, 1.165) is 24.2 Å². The molecule has 2 amide bonds. The molecule has 2 aromatic rings. The summed E-state index contributed by atoms with van der Waals surface area (Å²) >= 11 is 12.2. The number of anilines is 1. The Morgan fingerprint density at radius 2 is 1.68 bits per heavy atom. The monoisotopic (exact) mass is 378 g/mol. The van der Waals surface area contributed by atoms with Gasteiger partial charge in [0.2, 0.25) is 0 Å². The van der Waals surface area contributed by atoms with Crippen molar-refractivity contribution in [2.75, 3.05) is 18.5 Å². The summed E-state index contributed by atoms with van der Waals surface area (Å²) in [4.78, 5) is 12.4. The molecule has 1 aliphatic carbocycles. The van der Waals surface area contributed by atoms with Gasteiger partial charge in [0.1, 0.15) is 13.2 Å². The van der Waals surface area contributed by atoms with E-state index in [1.807, 2.05) is 18.2 Å². The van der Waals surface area contributed by atoms with Crippen LogP contribution in [0.5, 0.6) is 11.5 Å². The average Bonchev–Trinajstić information content (AvgIpc) is 3.38. The number of urea groups is 1. The summed E-state index contributed by atoms with van der Waals surface area (Å²) in [6.45, 7) is 1.08. The molecule has 0 aromatic heterocycles. The second kappa shape index (κ2) is 6.32. The Morgan fingerprint density at radius 3 is 2.36 bits per heavy atom. The van der Waals surface area contributed by atoms with Crippen molar-refractivity contribution >= 4 is 34.9 Å². The van der Waals surface area contributed by atoms with E-state index in [2.05, 4.69) is 10.6 Å². The van der Waals surface area contributed by atoms with Crippen molar-refractivity contribution in [3.05, 3.63) is 52.0 Å². The minimum Gasteiger partial charge on any atom is -0.486 e. The highest BCUT2D eigenvalue weighted by Gasteiger charge is 2.46. The molecule has 5 nitrogen and oxygen atoms in total. The smallest absolute Gasteiger partial charge is 0.320 e. The van der Waals surface area contributed by atoms with Crippen molar-refractivity contribution in [1.29, 1.82) is 0 Å². The van der Waals surface area contributed by atoms with Crippen molar-refractivity contribution in [3.8, 4) is 11.5 Å². The van der Waals surface area contributed by atoms with E-state index >= 15 is 0 Å². The maximum Gasteiger partial charge on any atom is 0.320 e. The molecule has 1 fully saturated rings. The van der Waals surface area contributed by atoms with Gasteiger partial charge in [-0.05, 0) is 42.7 Å². The van der Waals surface area contributed by atoms with E-state index in [0.29, 0.717) is 34.7 Å². The lowest BCUT2D eigenvalue weighted by Crippen LogP contribution is -2.38. The molecule has 0 bridgehead atoms. The predicted molar refractivity (Wildman–Crippen MR) is 97.0 cm³/mol. The van der Waals surface area contributed by atoms with Gasteiger partial charge in [-0.2, -0.15) is 0 Å². The van der Waals surface area contributed by atoms with Crippen LogP contribution in [0.2, 0.25) is 10.0 Å². The minimum atomic E-state index is -0.395. The van der Waals surface area contributed by atoms with Gasteiger partial charge in [0, 0.05) is 0 Å². The quantitative estimate of drug-likeness (QED) is 0.821. The topological polar surface area (TPSA) is 59.6 Å². The number of ether oxygens (including phenoxy) is 2. The Morgan fingerprint density at radius 1 is 1.00 bits per heavy atom. The van der Waals surface area contributed by atoms with E-state index < -0.39 is 5.54 Å². The fourth-order valence-corrected chi connectivity index (χ4v) is 3.42. The standard InChI is InChI=1S/C18H16Cl2N2O3/c19-12-2-1-3-13(20)16(12)21-17(23)22-18(6-7-18)11-4-5-14-15(10-11)25-9-8-24-14/h1-5,10H,6-9H2,(H2,21,22,23). The molecular weight excluding hydrogens is 363 g/mol. The van der Waals surface area contributed by atoms with Gasteiger partial charge in [-0.15, -0.1) is 0 Å². The van der Waals surface area contributed by atoms with Crippen molar-refractivity contribution in [3.63, 3.8) is 0 Å². The SMILES string of the molecule is O=C(Nc1c(Cl)cccc1Cl)NC1(c2ccc3c(c2)OCCO3)CC1. The average molecular weight is 379 g/mol. The summed E-state index contributed by atoms with van der Waals surface area (Å²) in [6.07, 6.45) is 1.71. The van der Waals surface area contributed by atoms with Crippen LogP contribution in [0.4, 0.5) is 10.5 Å². The van der Waals surface area contributed by atoms with Crippen LogP contribution in [0, 0.1) is 0 Å². The van der Waals surface area contributed by atoms with E-state index in [1.165, 1.54) is 0 Å². The fraction of sp³-hybridized carbons (Fsp3) is 0.278. The van der Waals surface area contributed by atoms with E-state index in [9.17, 15) is 4.79 Å². The Hall–Kier alpha value is -2.11. The number of fused-ring (bicyclic) bond motifs is 1. The lowest BCUT2D eigenvalue weighted by Gasteiger charge is -2.23. The van der Waals surface area contributed by atoms with Crippen molar-refractivity contribution in [2.45, 2.75) is 18.4 Å². The molecule has 0 unspecified atom stereocenters. The van der Waals surface area contributed by atoms with Crippen molar-refractivity contribution in [1.82, 2.24) is 5.32 Å². The molecule has 25 heavy (non-hydrogen) atoms. The molecular formula is C18H16Cl2N2O3. The van der Waals surface area contributed by atoms with E-state index in [1.54, 1.807) is 18.2 Å². The zero-order chi connectivity index (χ0) is 17.4. The Labute approximate surface area is 155 Å². The molecule has 2 N–H and O–H groups in total. The van der Waals surface area contributed by atoms with Crippen molar-refractivity contribution in [2.24, 2.45) is 0 Å². The van der Waals surface area contributed by atoms with Gasteiger partial charge in [-0.25, -0.2) is 4.79 Å². The van der Waals surface area contributed by atoms with Gasteiger partial charge in [0.15, 0.2) is 11.5 Å². The first-order valence-corrected chi connectivity index (χ1v) is 8.76. The lowest BCUT2D eigenvalue weighted by atomic mass is 10.0. The number of benzene rings is 2. The Bertz CT molecular complexity index is 817. The minimum absolute atomic E-state index is 0.345. The summed E-state index contributed by atoms with van der Waals surface area (Å²) < 4.78 is 11.2. The molecule has 2 aromatic carbocycles. The lowest BCUT2D eigenvalue weighted by molar-refractivity contribution is 0.171. The van der Waals surface area contributed by atoms with Gasteiger partial charge < -0.3 is 20.1 Å². The van der Waals surface area contributed by atoms with Crippen LogP contribution in [0.1, 0.15) is 18.4 Å². The van der Waals surface area contributed by atoms with E-state index in [4.69, 9.17) is 32.7 Å². The number of carbonyl (C=O) groups is 1. The first-order valence-electron chi connectivity index (χ1n) is 8.01. The molecule has 0 atom stereocenters. The van der Waals surface area contributed by atoms with Gasteiger partial charge in [0.25, 0.3) is 0 Å². The number of amides is 2. The summed E-state index contributed by atoms with van der Waals surface area (Å²) in [7, 11) is 0. The summed E-state index contributed by atoms with van der Waals surface area (Å²) in [5.74, 6) is 1.45. The van der Waals surface area contributed by atoms with Gasteiger partial charge >= 0.3 is 6.03 Å². The number of hydrogen-bond donors (Lipinski definition) is 2. The molecule has 1 heterocycles. The van der Waals surface area contributed by atoms with Crippen LogP contribution in [0.15, 0.2) is 36.4 Å². The van der Waals surface area contributed by atoms with Crippen LogP contribution in [0.3, 0.4) is 0 Å². The fourth-order valence-electron chi connectivity index (χ4n) is 2.93. The number of rotatable bonds is 3. The van der Waals surface area contributed by atoms with Gasteiger partial charge in [-0.1, -0.05) is 35.3 Å². The summed E-state index contributed by atoms with van der Waals surface area (Å²) in [5, 5.41) is 6.56. The van der Waals surface area contributed by atoms with Crippen LogP contribution in [0.25, 0.3) is 0 Å². The van der Waals surface area contributed by atoms with Crippen LogP contribution in [-0.2, 0) is 5.54 Å². The Kier molecular flexibility index (Phi) is 4.13. The van der Waals surface area contributed by atoms with Crippen LogP contribution < -0.4 is 20.1 Å². The number of nitrogens with one attached hydrogen (secondary N) is 2. The highest BCUT2D eigenvalue weighted by atomic mass is 35.5. The highest BCUT2D eigenvalue weighted by molar-refractivity contribution is 6.39. The third-order valence-corrected chi connectivity index (χ3v) is 5.03. The Balaban J connectivity index is 1.51. The maximum atomic E-state index is 12.4. The van der Waals surface area contributed by atoms with Gasteiger partial charge in [-0.3, -0.25) is 0 Å². The molecule has 0 spiro atoms. The number of carbonyl (C=O) groups excluding carboxylic acids is 1. The molecule has 0 radical (unpaired) electrons. The normalized spacial score (nSPS) is 16.9. The zero-order valence-electron chi connectivity index (χ0n) is 13.3. The van der Waals surface area contributed by atoms with Crippen LogP contribution in [-0.4, -0.2) is 19.2 Å². The first-order chi connectivity index (χ1) is 12.1. The third-order valence-electron chi connectivity index (χ3n) is 4.40. The predicted octanol–water partition coefficient (Wildman–Crippen LogP) is 4.58. The number of halogens is 2. The van der Waals surface area contributed by atoms with Crippen LogP contribution >= 0.6 is 23.2 Å². The second-order valence-electron chi connectivity index (χ2n) is 6.12. The largest absolute Gasteiger partial charge is 0.486 e.